The van der Waals surface area contributed by atoms with Crippen molar-refractivity contribution in [1.82, 2.24) is 10.6 Å². The van der Waals surface area contributed by atoms with Gasteiger partial charge in [0.05, 0.1) is 5.60 Å². The highest BCUT2D eigenvalue weighted by atomic mass is 16.5. The van der Waals surface area contributed by atoms with Crippen LogP contribution in [0.15, 0.2) is 0 Å². The average molecular weight is 280 g/mol. The van der Waals surface area contributed by atoms with Gasteiger partial charge < -0.3 is 15.4 Å². The Bertz CT molecular complexity index is 352. The molecule has 4 nitrogen and oxygen atoms in total. The van der Waals surface area contributed by atoms with Crippen molar-refractivity contribution in [3.63, 3.8) is 0 Å². The Balaban J connectivity index is 1.53. The first-order valence-corrected chi connectivity index (χ1v) is 8.35. The van der Waals surface area contributed by atoms with Crippen LogP contribution >= 0.6 is 0 Å². The van der Waals surface area contributed by atoms with Gasteiger partial charge in [-0.3, -0.25) is 4.79 Å². The molecule has 20 heavy (non-hydrogen) atoms. The van der Waals surface area contributed by atoms with Crippen LogP contribution in [-0.2, 0) is 9.53 Å². The number of ether oxygens (including phenoxy) is 1. The maximum absolute atomic E-state index is 12.4. The molecule has 3 atom stereocenters. The van der Waals surface area contributed by atoms with Gasteiger partial charge in [-0.05, 0) is 52.0 Å². The van der Waals surface area contributed by atoms with Crippen molar-refractivity contribution in [1.29, 1.82) is 0 Å². The van der Waals surface area contributed by atoms with Crippen molar-refractivity contribution >= 4 is 5.91 Å². The van der Waals surface area contributed by atoms with Crippen LogP contribution in [0.5, 0.6) is 0 Å². The van der Waals surface area contributed by atoms with Crippen LogP contribution in [0.25, 0.3) is 0 Å². The van der Waals surface area contributed by atoms with Crippen LogP contribution in [0.1, 0.15) is 58.3 Å². The van der Waals surface area contributed by atoms with Gasteiger partial charge in [0.1, 0.15) is 0 Å². The van der Waals surface area contributed by atoms with E-state index in [9.17, 15) is 4.79 Å². The molecule has 0 aromatic carbocycles. The van der Waals surface area contributed by atoms with Crippen LogP contribution in [0.2, 0.25) is 0 Å². The molecule has 0 aromatic heterocycles. The van der Waals surface area contributed by atoms with Gasteiger partial charge >= 0.3 is 0 Å². The van der Waals surface area contributed by atoms with Gasteiger partial charge in [-0.15, -0.1) is 0 Å². The number of nitrogens with one attached hydrogen (secondary N) is 2. The van der Waals surface area contributed by atoms with E-state index in [0.717, 1.165) is 38.8 Å². The summed E-state index contributed by atoms with van der Waals surface area (Å²) in [6, 6.07) is 0.801. The molecule has 0 bridgehead atoms. The van der Waals surface area contributed by atoms with Crippen LogP contribution in [0.4, 0.5) is 0 Å². The predicted octanol–water partition coefficient (Wildman–Crippen LogP) is 1.98. The summed E-state index contributed by atoms with van der Waals surface area (Å²) in [4.78, 5) is 12.4. The summed E-state index contributed by atoms with van der Waals surface area (Å²) in [5.41, 5.74) is 0.0948. The van der Waals surface area contributed by atoms with Crippen molar-refractivity contribution in [2.75, 3.05) is 13.2 Å². The molecule has 2 saturated heterocycles. The zero-order valence-electron chi connectivity index (χ0n) is 12.6. The quantitative estimate of drug-likeness (QED) is 0.813. The Morgan fingerprint density at radius 3 is 2.85 bits per heavy atom. The molecule has 0 aromatic rings. The molecule has 1 spiro atoms. The van der Waals surface area contributed by atoms with Gasteiger partial charge in [0.25, 0.3) is 0 Å². The van der Waals surface area contributed by atoms with E-state index in [4.69, 9.17) is 4.74 Å². The summed E-state index contributed by atoms with van der Waals surface area (Å²) in [6.07, 6.45) is 8.89. The molecule has 1 saturated carbocycles. The summed E-state index contributed by atoms with van der Waals surface area (Å²) in [5.74, 6) is 0.479. The topological polar surface area (TPSA) is 50.4 Å². The first-order valence-electron chi connectivity index (χ1n) is 8.35. The van der Waals surface area contributed by atoms with E-state index in [1.54, 1.807) is 0 Å². The predicted molar refractivity (Wildman–Crippen MR) is 78.5 cm³/mol. The number of hydrogen-bond acceptors (Lipinski definition) is 3. The number of carbonyl (C=O) groups excluding carboxylic acids is 1. The monoisotopic (exact) mass is 280 g/mol. The van der Waals surface area contributed by atoms with E-state index < -0.39 is 0 Å². The molecule has 4 heteroatoms. The summed E-state index contributed by atoms with van der Waals surface area (Å²) < 4.78 is 6.04. The first kappa shape index (κ1) is 14.3. The molecule has 2 N–H and O–H groups in total. The molecule has 3 rings (SSSR count). The Kier molecular flexibility index (Phi) is 4.32. The van der Waals surface area contributed by atoms with Gasteiger partial charge in [-0.1, -0.05) is 12.8 Å². The Morgan fingerprint density at radius 1 is 1.30 bits per heavy atom. The van der Waals surface area contributed by atoms with Crippen molar-refractivity contribution in [3.8, 4) is 0 Å². The van der Waals surface area contributed by atoms with Crippen LogP contribution in [-0.4, -0.2) is 36.7 Å². The van der Waals surface area contributed by atoms with Crippen molar-refractivity contribution in [2.24, 2.45) is 5.92 Å². The minimum Gasteiger partial charge on any atom is -0.375 e. The number of piperidine rings is 1. The Labute approximate surface area is 122 Å². The lowest BCUT2D eigenvalue weighted by atomic mass is 9.87. The maximum Gasteiger partial charge on any atom is 0.223 e. The third kappa shape index (κ3) is 3.17. The minimum absolute atomic E-state index is 0.0948. The Hall–Kier alpha value is -0.610. The summed E-state index contributed by atoms with van der Waals surface area (Å²) >= 11 is 0. The van der Waals surface area contributed by atoms with Gasteiger partial charge in [0, 0.05) is 24.6 Å². The molecule has 114 valence electrons. The largest absolute Gasteiger partial charge is 0.375 e. The SMILES string of the molecule is C[C@H]1C[C@@H](C(=O)NC2CCOC3(CCCC3)C2)CCN1. The molecule has 1 amide bonds. The molecule has 1 unspecified atom stereocenters. The second kappa shape index (κ2) is 6.02. The smallest absolute Gasteiger partial charge is 0.223 e. The molecular weight excluding hydrogens is 252 g/mol. The molecular formula is C16H28N2O2. The lowest BCUT2D eigenvalue weighted by molar-refractivity contribution is -0.130. The number of hydrogen-bond donors (Lipinski definition) is 2. The first-order chi connectivity index (χ1) is 9.67. The zero-order valence-corrected chi connectivity index (χ0v) is 12.6. The maximum atomic E-state index is 12.4. The zero-order chi connectivity index (χ0) is 14.0. The van der Waals surface area contributed by atoms with Gasteiger partial charge in [-0.25, -0.2) is 0 Å². The number of rotatable bonds is 2. The van der Waals surface area contributed by atoms with Crippen molar-refractivity contribution in [3.05, 3.63) is 0 Å². The molecule has 3 fully saturated rings. The third-order valence-electron chi connectivity index (χ3n) is 5.35. The molecule has 0 radical (unpaired) electrons. The van der Waals surface area contributed by atoms with E-state index in [2.05, 4.69) is 17.6 Å². The fourth-order valence-corrected chi connectivity index (χ4v) is 4.21. The average Bonchev–Trinajstić information content (AvgIpc) is 2.87. The van der Waals surface area contributed by atoms with E-state index in [1.165, 1.54) is 25.7 Å². The standard InChI is InChI=1S/C16H28N2O2/c1-12-10-13(4-8-17-12)15(19)18-14-5-9-20-16(11-14)6-2-3-7-16/h12-14,17H,2-11H2,1H3,(H,18,19)/t12-,13-,14?/m0/s1. The van der Waals surface area contributed by atoms with E-state index >= 15 is 0 Å². The molecule has 3 aliphatic rings. The summed E-state index contributed by atoms with van der Waals surface area (Å²) in [6.45, 7) is 3.95. The lowest BCUT2D eigenvalue weighted by Crippen LogP contribution is -2.50. The van der Waals surface area contributed by atoms with Crippen LogP contribution in [0.3, 0.4) is 0 Å². The highest BCUT2D eigenvalue weighted by Crippen LogP contribution is 2.40. The van der Waals surface area contributed by atoms with E-state index in [1.807, 2.05) is 0 Å². The minimum atomic E-state index is 0.0948. The van der Waals surface area contributed by atoms with E-state index in [-0.39, 0.29) is 17.4 Å². The number of amides is 1. The lowest BCUT2D eigenvalue weighted by Gasteiger charge is -2.39. The Morgan fingerprint density at radius 2 is 2.10 bits per heavy atom. The normalized spacial score (nSPS) is 37.0. The highest BCUT2D eigenvalue weighted by Gasteiger charge is 2.40. The van der Waals surface area contributed by atoms with Gasteiger partial charge in [-0.2, -0.15) is 0 Å². The summed E-state index contributed by atoms with van der Waals surface area (Å²) in [5, 5.41) is 6.72. The van der Waals surface area contributed by atoms with E-state index in [0.29, 0.717) is 12.1 Å². The number of carbonyl (C=O) groups is 1. The fraction of sp³-hybridized carbons (Fsp3) is 0.938. The van der Waals surface area contributed by atoms with Crippen LogP contribution < -0.4 is 10.6 Å². The van der Waals surface area contributed by atoms with Crippen LogP contribution in [0, 0.1) is 5.92 Å². The highest BCUT2D eigenvalue weighted by molar-refractivity contribution is 5.79. The van der Waals surface area contributed by atoms with Gasteiger partial charge in [0.2, 0.25) is 5.91 Å². The van der Waals surface area contributed by atoms with Crippen molar-refractivity contribution in [2.45, 2.75) is 76.0 Å². The fourth-order valence-electron chi connectivity index (χ4n) is 4.21. The van der Waals surface area contributed by atoms with Gasteiger partial charge in [0.15, 0.2) is 0 Å². The summed E-state index contributed by atoms with van der Waals surface area (Å²) in [7, 11) is 0. The third-order valence-corrected chi connectivity index (χ3v) is 5.35. The second-order valence-corrected chi connectivity index (χ2v) is 7.01. The molecule has 1 aliphatic carbocycles. The molecule has 2 aliphatic heterocycles. The molecule has 2 heterocycles. The van der Waals surface area contributed by atoms with Crippen molar-refractivity contribution < 1.29 is 9.53 Å². The second-order valence-electron chi connectivity index (χ2n) is 7.01.